The monoisotopic (exact) mass is 287 g/mol. The van der Waals surface area contributed by atoms with Gasteiger partial charge in [-0.05, 0) is 81.1 Å². The maximum Gasteiger partial charge on any atom is -0.00191 e. The summed E-state index contributed by atoms with van der Waals surface area (Å²) in [6.07, 6.45) is 6.67. The molecule has 0 aromatic heterocycles. The van der Waals surface area contributed by atoms with Crippen molar-refractivity contribution < 1.29 is 0 Å². The second kappa shape index (κ2) is 7.98. The van der Waals surface area contributed by atoms with Crippen LogP contribution in [0.15, 0.2) is 24.3 Å². The molecule has 1 nitrogen and oxygen atoms in total. The van der Waals surface area contributed by atoms with Crippen LogP contribution in [-0.2, 0) is 6.42 Å². The Morgan fingerprint density at radius 2 is 1.81 bits per heavy atom. The predicted molar refractivity (Wildman–Crippen MR) is 92.9 cm³/mol. The normalized spacial score (nSPS) is 19.1. The molecule has 1 aromatic rings. The Morgan fingerprint density at radius 3 is 2.43 bits per heavy atom. The molecule has 2 rings (SSSR count). The predicted octanol–water partition coefficient (Wildman–Crippen LogP) is 5.11. The standard InChI is InChI=1S/C20H33N/c1-5-18-8-6-7-9-20(18)19(14-16(2)3)15-17-10-12-21(4)13-11-17/h6-9,16-17,19H,5,10-15H2,1-4H3. The Hall–Kier alpha value is -0.820. The zero-order valence-corrected chi connectivity index (χ0v) is 14.4. The number of benzene rings is 1. The summed E-state index contributed by atoms with van der Waals surface area (Å²) in [7, 11) is 2.26. The van der Waals surface area contributed by atoms with Gasteiger partial charge in [0.25, 0.3) is 0 Å². The van der Waals surface area contributed by atoms with Gasteiger partial charge in [0.05, 0.1) is 0 Å². The second-order valence-corrected chi connectivity index (χ2v) is 7.36. The number of piperidine rings is 1. The molecule has 0 aliphatic carbocycles. The molecule has 1 aliphatic rings. The summed E-state index contributed by atoms with van der Waals surface area (Å²) in [6, 6.07) is 9.15. The van der Waals surface area contributed by atoms with Crippen LogP contribution < -0.4 is 0 Å². The summed E-state index contributed by atoms with van der Waals surface area (Å²) in [5.74, 6) is 2.47. The Labute approximate surface area is 131 Å². The fourth-order valence-electron chi connectivity index (χ4n) is 3.87. The van der Waals surface area contributed by atoms with Gasteiger partial charge in [-0.25, -0.2) is 0 Å². The molecule has 1 aliphatic heterocycles. The zero-order chi connectivity index (χ0) is 15.2. The van der Waals surface area contributed by atoms with Crippen LogP contribution in [0.25, 0.3) is 0 Å². The summed E-state index contributed by atoms with van der Waals surface area (Å²) in [6.45, 7) is 9.61. The Bertz CT molecular complexity index is 416. The van der Waals surface area contributed by atoms with Gasteiger partial charge in [0.2, 0.25) is 0 Å². The molecular weight excluding hydrogens is 254 g/mol. The second-order valence-electron chi connectivity index (χ2n) is 7.36. The molecule has 1 fully saturated rings. The van der Waals surface area contributed by atoms with Gasteiger partial charge < -0.3 is 4.90 Å². The van der Waals surface area contributed by atoms with E-state index in [2.05, 4.69) is 57.0 Å². The largest absolute Gasteiger partial charge is 0.306 e. The van der Waals surface area contributed by atoms with Crippen molar-refractivity contribution in [2.45, 2.75) is 58.8 Å². The third-order valence-electron chi connectivity index (χ3n) is 5.09. The molecule has 0 spiro atoms. The van der Waals surface area contributed by atoms with Crippen molar-refractivity contribution in [1.82, 2.24) is 4.90 Å². The van der Waals surface area contributed by atoms with Gasteiger partial charge in [-0.15, -0.1) is 0 Å². The van der Waals surface area contributed by atoms with Crippen molar-refractivity contribution >= 4 is 0 Å². The molecule has 0 N–H and O–H groups in total. The summed E-state index contributed by atoms with van der Waals surface area (Å²) in [5, 5.41) is 0. The molecule has 1 heteroatoms. The lowest BCUT2D eigenvalue weighted by Gasteiger charge is -2.32. The number of likely N-dealkylation sites (tertiary alicyclic amines) is 1. The average molecular weight is 287 g/mol. The third kappa shape index (κ3) is 4.85. The number of hydrogen-bond acceptors (Lipinski definition) is 1. The maximum absolute atomic E-state index is 2.48. The van der Waals surface area contributed by atoms with Gasteiger partial charge >= 0.3 is 0 Å². The summed E-state index contributed by atoms with van der Waals surface area (Å²) < 4.78 is 0. The van der Waals surface area contributed by atoms with Crippen LogP contribution in [0.5, 0.6) is 0 Å². The van der Waals surface area contributed by atoms with E-state index in [1.807, 2.05) is 0 Å². The molecule has 1 heterocycles. The first-order valence-corrected chi connectivity index (χ1v) is 8.86. The maximum atomic E-state index is 2.48. The van der Waals surface area contributed by atoms with Crippen LogP contribution >= 0.6 is 0 Å². The minimum atomic E-state index is 0.759. The van der Waals surface area contributed by atoms with Gasteiger partial charge in [0.1, 0.15) is 0 Å². The van der Waals surface area contributed by atoms with E-state index in [4.69, 9.17) is 0 Å². The van der Waals surface area contributed by atoms with E-state index in [0.717, 1.165) is 24.2 Å². The van der Waals surface area contributed by atoms with Crippen molar-refractivity contribution in [2.24, 2.45) is 11.8 Å². The molecule has 0 radical (unpaired) electrons. The van der Waals surface area contributed by atoms with Gasteiger partial charge in [-0.2, -0.15) is 0 Å². The van der Waals surface area contributed by atoms with Crippen LogP contribution in [0, 0.1) is 11.8 Å². The first kappa shape index (κ1) is 16.5. The van der Waals surface area contributed by atoms with Crippen LogP contribution in [0.2, 0.25) is 0 Å². The number of aryl methyl sites for hydroxylation is 1. The highest BCUT2D eigenvalue weighted by molar-refractivity contribution is 5.30. The minimum absolute atomic E-state index is 0.759. The molecular formula is C20H33N. The van der Waals surface area contributed by atoms with Gasteiger partial charge in [0, 0.05) is 0 Å². The SMILES string of the molecule is CCc1ccccc1C(CC(C)C)CC1CCN(C)CC1. The van der Waals surface area contributed by atoms with Crippen molar-refractivity contribution in [2.75, 3.05) is 20.1 Å². The molecule has 118 valence electrons. The van der Waals surface area contributed by atoms with Crippen molar-refractivity contribution in [1.29, 1.82) is 0 Å². The number of rotatable bonds is 6. The van der Waals surface area contributed by atoms with Gasteiger partial charge in [0.15, 0.2) is 0 Å². The summed E-state index contributed by atoms with van der Waals surface area (Å²) in [4.78, 5) is 2.48. The van der Waals surface area contributed by atoms with E-state index in [1.54, 1.807) is 11.1 Å². The van der Waals surface area contributed by atoms with Crippen LogP contribution in [0.1, 0.15) is 63.5 Å². The zero-order valence-electron chi connectivity index (χ0n) is 14.4. The summed E-state index contributed by atoms with van der Waals surface area (Å²) in [5.41, 5.74) is 3.20. The van der Waals surface area contributed by atoms with Gasteiger partial charge in [-0.3, -0.25) is 0 Å². The fourth-order valence-corrected chi connectivity index (χ4v) is 3.87. The molecule has 1 atom stereocenters. The third-order valence-corrected chi connectivity index (χ3v) is 5.09. The van der Waals surface area contributed by atoms with E-state index in [-0.39, 0.29) is 0 Å². The Kier molecular flexibility index (Phi) is 6.29. The highest BCUT2D eigenvalue weighted by atomic mass is 15.1. The topological polar surface area (TPSA) is 3.24 Å². The van der Waals surface area contributed by atoms with Crippen LogP contribution in [0.3, 0.4) is 0 Å². The molecule has 0 bridgehead atoms. The minimum Gasteiger partial charge on any atom is -0.306 e. The summed E-state index contributed by atoms with van der Waals surface area (Å²) >= 11 is 0. The van der Waals surface area contributed by atoms with E-state index < -0.39 is 0 Å². The molecule has 1 saturated heterocycles. The quantitative estimate of drug-likeness (QED) is 0.702. The fraction of sp³-hybridized carbons (Fsp3) is 0.700. The van der Waals surface area contributed by atoms with Gasteiger partial charge in [-0.1, -0.05) is 45.0 Å². The van der Waals surface area contributed by atoms with E-state index in [0.29, 0.717) is 0 Å². The van der Waals surface area contributed by atoms with Crippen molar-refractivity contribution in [3.8, 4) is 0 Å². The molecule has 0 amide bonds. The Balaban J connectivity index is 2.10. The highest BCUT2D eigenvalue weighted by Crippen LogP contribution is 2.35. The van der Waals surface area contributed by atoms with E-state index in [1.165, 1.54) is 38.8 Å². The smallest absolute Gasteiger partial charge is 0.00191 e. The lowest BCUT2D eigenvalue weighted by atomic mass is 9.78. The lowest BCUT2D eigenvalue weighted by molar-refractivity contribution is 0.201. The Morgan fingerprint density at radius 1 is 1.14 bits per heavy atom. The van der Waals surface area contributed by atoms with E-state index in [9.17, 15) is 0 Å². The first-order valence-electron chi connectivity index (χ1n) is 8.86. The number of hydrogen-bond donors (Lipinski definition) is 0. The lowest BCUT2D eigenvalue weighted by Crippen LogP contribution is -2.31. The highest BCUT2D eigenvalue weighted by Gasteiger charge is 2.23. The number of nitrogens with zero attached hydrogens (tertiary/aromatic N) is 1. The molecule has 1 aromatic carbocycles. The van der Waals surface area contributed by atoms with Crippen LogP contribution in [0.4, 0.5) is 0 Å². The molecule has 1 unspecified atom stereocenters. The van der Waals surface area contributed by atoms with Crippen molar-refractivity contribution in [3.05, 3.63) is 35.4 Å². The molecule has 21 heavy (non-hydrogen) atoms. The average Bonchev–Trinajstić information content (AvgIpc) is 2.48. The van der Waals surface area contributed by atoms with Crippen molar-refractivity contribution in [3.63, 3.8) is 0 Å². The van der Waals surface area contributed by atoms with Crippen LogP contribution in [-0.4, -0.2) is 25.0 Å². The molecule has 0 saturated carbocycles. The first-order chi connectivity index (χ1) is 10.1. The van der Waals surface area contributed by atoms with E-state index >= 15 is 0 Å².